The van der Waals surface area contributed by atoms with E-state index in [1.165, 1.54) is 139 Å². The van der Waals surface area contributed by atoms with Gasteiger partial charge in [-0.3, -0.25) is 0 Å². The molecular weight excluding hydrogens is 675 g/mol. The topological polar surface area (TPSA) is 25.3 Å². The van der Waals surface area contributed by atoms with Gasteiger partial charge in [0.15, 0.2) is 0 Å². The Kier molecular flexibility index (Phi) is 23.0. The van der Waals surface area contributed by atoms with Crippen LogP contribution in [-0.4, -0.2) is 4.70 Å². The normalized spacial score (nSPS) is 12.9. The maximum atomic E-state index is 12.0. The fraction of sp³-hybridized carbons (Fsp3) is 0.644. The number of allylic oxidation sites excluding steroid dienone is 2. The molecule has 0 radical (unpaired) electrons. The van der Waals surface area contributed by atoms with Gasteiger partial charge in [-0.15, -0.1) is 0 Å². The van der Waals surface area contributed by atoms with Crippen LogP contribution in [0.5, 0.6) is 0 Å². The summed E-state index contributed by atoms with van der Waals surface area (Å²) >= 11 is 1.04. The number of aryl methyl sites for hydroxylation is 4. The van der Waals surface area contributed by atoms with Gasteiger partial charge in [0.1, 0.15) is 0 Å². The predicted molar refractivity (Wildman–Crippen MR) is 209 cm³/mol. The van der Waals surface area contributed by atoms with E-state index in [0.717, 1.165) is 67.9 Å². The zero-order valence-electron chi connectivity index (χ0n) is 32.3. The Labute approximate surface area is 306 Å². The Morgan fingerprint density at radius 2 is 0.812 bits per heavy atom. The van der Waals surface area contributed by atoms with Crippen molar-refractivity contribution in [3.63, 3.8) is 0 Å². The second-order valence-electron chi connectivity index (χ2n) is 13.7. The molecule has 0 unspecified atom stereocenters. The summed E-state index contributed by atoms with van der Waals surface area (Å²) in [6.07, 6.45) is 26.3. The van der Waals surface area contributed by atoms with E-state index in [2.05, 4.69) is 90.9 Å². The molecule has 2 aromatic carbocycles. The van der Waals surface area contributed by atoms with Crippen LogP contribution in [0.4, 0.5) is 0 Å². The number of unbranched alkanes of at least 4 members (excludes halogenated alkanes) is 10. The summed E-state index contributed by atoms with van der Waals surface area (Å²) in [5, 5.41) is 0. The Morgan fingerprint density at radius 3 is 1.15 bits per heavy atom. The molecule has 0 N–H and O–H groups in total. The molecule has 0 saturated carbocycles. The molecule has 1 aliphatic rings. The van der Waals surface area contributed by atoms with Crippen molar-refractivity contribution in [1.29, 1.82) is 0 Å². The first-order valence-corrected chi connectivity index (χ1v) is 22.3. The molecule has 2 nitrogen and oxygen atoms in total. The first-order valence-electron chi connectivity index (χ1n) is 20.1. The minimum absolute atomic E-state index is 0.958. The van der Waals surface area contributed by atoms with Gasteiger partial charge in [-0.2, -0.15) is 0 Å². The molecule has 0 aliphatic carbocycles. The van der Waals surface area contributed by atoms with E-state index >= 15 is 0 Å². The number of nitrogens with zero attached hydrogens (tertiary/aromatic N) is 2. The van der Waals surface area contributed by atoms with Gasteiger partial charge in [-0.1, -0.05) is 111 Å². The third-order valence-electron chi connectivity index (χ3n) is 9.37. The van der Waals surface area contributed by atoms with Crippen LogP contribution in [0.15, 0.2) is 48.0 Å². The van der Waals surface area contributed by atoms with Crippen molar-refractivity contribution in [3.05, 3.63) is 87.0 Å². The van der Waals surface area contributed by atoms with Crippen molar-refractivity contribution in [1.82, 2.24) is 0 Å². The SMILES string of the molecule is CCCCCC1=C(c2cc(CCCCC)cc(CCCCC)c2)[N+](=[N-])C(c2cc(CCCCC)cc(CCCCC)c2)=C1.C[CH2][Pd][CH2]C. The van der Waals surface area contributed by atoms with Crippen LogP contribution in [0.2, 0.25) is 9.79 Å². The van der Waals surface area contributed by atoms with Crippen LogP contribution < -0.4 is 0 Å². The standard InChI is InChI=1S/C41H62N2.2C2H5.Pd/c1-6-11-16-21-33-26-34(22-17-12-7-2)29-38(28-33)40-32-37(25-20-15-10-5)41(43(40)42)39-30-35(23-18-13-8-3)27-36(31-39)24-19-14-9-4;2*1-2;/h26-32H,6-25H2,1-5H3;2*1H2,2H3;. The van der Waals surface area contributed by atoms with Gasteiger partial charge in [0.05, 0.1) is 0 Å². The molecule has 0 atom stereocenters. The van der Waals surface area contributed by atoms with Crippen molar-refractivity contribution in [2.24, 2.45) is 0 Å². The van der Waals surface area contributed by atoms with Gasteiger partial charge < -0.3 is 5.53 Å². The van der Waals surface area contributed by atoms with E-state index < -0.39 is 0 Å². The van der Waals surface area contributed by atoms with Crippen molar-refractivity contribution in [2.45, 2.75) is 187 Å². The summed E-state index contributed by atoms with van der Waals surface area (Å²) in [5.74, 6) is 0. The van der Waals surface area contributed by atoms with Crippen LogP contribution in [-0.2, 0) is 43.7 Å². The van der Waals surface area contributed by atoms with Crippen LogP contribution in [0.1, 0.15) is 185 Å². The number of hydrogen-bond donors (Lipinski definition) is 0. The average Bonchev–Trinajstić information content (AvgIpc) is 3.41. The van der Waals surface area contributed by atoms with Crippen LogP contribution in [0.25, 0.3) is 16.9 Å². The summed E-state index contributed by atoms with van der Waals surface area (Å²) in [6.45, 7) is 15.9. The molecule has 0 amide bonds. The average molecular weight is 748 g/mol. The fourth-order valence-corrected chi connectivity index (χ4v) is 7.46. The monoisotopic (exact) mass is 746 g/mol. The zero-order chi connectivity index (χ0) is 35.0. The molecule has 3 rings (SSSR count). The van der Waals surface area contributed by atoms with Gasteiger partial charge in [0.25, 0.3) is 0 Å². The molecule has 48 heavy (non-hydrogen) atoms. The molecule has 2 aromatic rings. The van der Waals surface area contributed by atoms with Crippen LogP contribution >= 0.6 is 0 Å². The number of rotatable bonds is 24. The quantitative estimate of drug-likeness (QED) is 0.0581. The Bertz CT molecular complexity index is 1200. The fourth-order valence-electron chi connectivity index (χ4n) is 6.68. The Hall–Kier alpha value is -1.82. The van der Waals surface area contributed by atoms with E-state index in [1.807, 2.05) is 0 Å². The summed E-state index contributed by atoms with van der Waals surface area (Å²) in [5.41, 5.74) is 23.3. The van der Waals surface area contributed by atoms with E-state index in [1.54, 1.807) is 4.70 Å². The molecule has 0 aromatic heterocycles. The van der Waals surface area contributed by atoms with Gasteiger partial charge in [-0.05, 0) is 111 Å². The predicted octanol–water partition coefficient (Wildman–Crippen LogP) is 14.9. The molecule has 0 spiro atoms. The van der Waals surface area contributed by atoms with Crippen LogP contribution in [0.3, 0.4) is 0 Å². The van der Waals surface area contributed by atoms with Crippen molar-refractivity contribution in [2.75, 3.05) is 0 Å². The number of hydrogen-bond acceptors (Lipinski definition) is 0. The third-order valence-corrected chi connectivity index (χ3v) is 10.9. The van der Waals surface area contributed by atoms with E-state index in [4.69, 9.17) is 0 Å². The van der Waals surface area contributed by atoms with E-state index in [-0.39, 0.29) is 0 Å². The second kappa shape index (κ2) is 26.1. The molecule has 1 heterocycles. The van der Waals surface area contributed by atoms with Gasteiger partial charge in [0, 0.05) is 22.8 Å². The first-order chi connectivity index (χ1) is 23.5. The molecule has 0 bridgehead atoms. The van der Waals surface area contributed by atoms with Crippen molar-refractivity contribution >= 4 is 11.4 Å². The summed E-state index contributed by atoms with van der Waals surface area (Å²) in [4.78, 5) is 2.79. The summed E-state index contributed by atoms with van der Waals surface area (Å²) in [6, 6.07) is 14.4. The van der Waals surface area contributed by atoms with Crippen molar-refractivity contribution < 1.29 is 22.7 Å². The van der Waals surface area contributed by atoms with Crippen LogP contribution in [0, 0.1) is 0 Å². The zero-order valence-corrected chi connectivity index (χ0v) is 33.9. The van der Waals surface area contributed by atoms with E-state index in [0.29, 0.717) is 0 Å². The first kappa shape index (κ1) is 42.4. The molecule has 0 fully saturated rings. The molecular formula is C45H72N2Pd. The molecule has 0 saturated heterocycles. The van der Waals surface area contributed by atoms with Gasteiger partial charge >= 0.3 is 41.6 Å². The molecule has 1 aliphatic heterocycles. The van der Waals surface area contributed by atoms with Crippen molar-refractivity contribution in [3.8, 4) is 0 Å². The minimum atomic E-state index is 0.958. The van der Waals surface area contributed by atoms with Gasteiger partial charge in [-0.25, -0.2) is 4.70 Å². The summed E-state index contributed by atoms with van der Waals surface area (Å²) < 4.78 is 1.56. The number of benzene rings is 2. The Balaban J connectivity index is 0.00000149. The van der Waals surface area contributed by atoms with Gasteiger partial charge in [0.2, 0.25) is 11.4 Å². The Morgan fingerprint density at radius 1 is 0.458 bits per heavy atom. The molecule has 272 valence electrons. The van der Waals surface area contributed by atoms with E-state index in [9.17, 15) is 5.53 Å². The molecule has 3 heteroatoms. The summed E-state index contributed by atoms with van der Waals surface area (Å²) in [7, 11) is 0. The second-order valence-corrected chi connectivity index (χ2v) is 16.7. The maximum absolute atomic E-state index is 12.0. The third kappa shape index (κ3) is 15.4.